The van der Waals surface area contributed by atoms with Gasteiger partial charge in [-0.05, 0) is 28.5 Å². The molecule has 0 spiro atoms. The van der Waals surface area contributed by atoms with Gasteiger partial charge in [0, 0.05) is 13.6 Å². The summed E-state index contributed by atoms with van der Waals surface area (Å²) in [6.45, 7) is 0.466. The van der Waals surface area contributed by atoms with Gasteiger partial charge in [-0.1, -0.05) is 60.7 Å². The quantitative estimate of drug-likeness (QED) is 0.344. The van der Waals surface area contributed by atoms with E-state index in [1.54, 1.807) is 18.0 Å². The van der Waals surface area contributed by atoms with Crippen LogP contribution in [0.2, 0.25) is 0 Å². The van der Waals surface area contributed by atoms with Gasteiger partial charge in [0.25, 0.3) is 0 Å². The van der Waals surface area contributed by atoms with Crippen molar-refractivity contribution in [3.8, 4) is 11.6 Å². The zero-order valence-electron chi connectivity index (χ0n) is 15.7. The molecule has 0 aliphatic rings. The third-order valence-corrected chi connectivity index (χ3v) is 4.51. The number of anilines is 1. The van der Waals surface area contributed by atoms with Gasteiger partial charge in [-0.15, -0.1) is 0 Å². The van der Waals surface area contributed by atoms with Crippen molar-refractivity contribution in [2.45, 2.75) is 6.54 Å². The van der Waals surface area contributed by atoms with E-state index in [0.29, 0.717) is 12.3 Å². The fraction of sp³-hybridized carbons (Fsp3) is 0.0909. The summed E-state index contributed by atoms with van der Waals surface area (Å²) in [6, 6.07) is 23.0. The van der Waals surface area contributed by atoms with Gasteiger partial charge in [0.05, 0.1) is 4.92 Å². The lowest BCUT2D eigenvalue weighted by Gasteiger charge is -2.18. The zero-order chi connectivity index (χ0) is 20.2. The van der Waals surface area contributed by atoms with Gasteiger partial charge < -0.3 is 9.64 Å². The minimum Gasteiger partial charge on any atom is -0.434 e. The van der Waals surface area contributed by atoms with Gasteiger partial charge in [-0.2, -0.15) is 4.98 Å². The molecule has 0 amide bonds. The smallest absolute Gasteiger partial charge is 0.373 e. The SMILES string of the molecule is CN(Cc1ccccc1)c1ncnc(Oc2ccc3ccccc3c2)c1[N+](=O)[O-]. The highest BCUT2D eigenvalue weighted by Gasteiger charge is 2.27. The number of hydrogen-bond donors (Lipinski definition) is 0. The molecule has 0 atom stereocenters. The number of nitrogens with zero attached hydrogens (tertiary/aromatic N) is 4. The Labute approximate surface area is 167 Å². The number of ether oxygens (including phenoxy) is 1. The Kier molecular flexibility index (Phi) is 5.03. The van der Waals surface area contributed by atoms with Crippen LogP contribution >= 0.6 is 0 Å². The number of aromatic nitrogens is 2. The molecule has 1 heterocycles. The molecule has 0 radical (unpaired) electrons. The van der Waals surface area contributed by atoms with Crippen LogP contribution in [0.4, 0.5) is 11.5 Å². The monoisotopic (exact) mass is 386 g/mol. The molecule has 144 valence electrons. The first-order chi connectivity index (χ1) is 14.1. The topological polar surface area (TPSA) is 81.4 Å². The van der Waals surface area contributed by atoms with Crippen LogP contribution in [0.3, 0.4) is 0 Å². The average molecular weight is 386 g/mol. The van der Waals surface area contributed by atoms with Crippen molar-refractivity contribution in [2.24, 2.45) is 0 Å². The van der Waals surface area contributed by atoms with Crippen molar-refractivity contribution in [3.63, 3.8) is 0 Å². The van der Waals surface area contributed by atoms with Crippen LogP contribution in [0.15, 0.2) is 79.1 Å². The van der Waals surface area contributed by atoms with Crippen LogP contribution in [0.5, 0.6) is 11.6 Å². The molecule has 0 aliphatic carbocycles. The van der Waals surface area contributed by atoms with Crippen LogP contribution in [0.25, 0.3) is 10.8 Å². The predicted molar refractivity (Wildman–Crippen MR) is 111 cm³/mol. The maximum absolute atomic E-state index is 11.8. The van der Waals surface area contributed by atoms with Crippen molar-refractivity contribution in [3.05, 3.63) is 94.8 Å². The molecule has 29 heavy (non-hydrogen) atoms. The fourth-order valence-corrected chi connectivity index (χ4v) is 3.14. The summed E-state index contributed by atoms with van der Waals surface area (Å²) in [5.41, 5.74) is 0.749. The molecule has 0 saturated heterocycles. The fourth-order valence-electron chi connectivity index (χ4n) is 3.14. The maximum Gasteiger partial charge on any atom is 0.373 e. The third-order valence-electron chi connectivity index (χ3n) is 4.51. The largest absolute Gasteiger partial charge is 0.434 e. The van der Waals surface area contributed by atoms with E-state index in [4.69, 9.17) is 4.74 Å². The number of rotatable bonds is 6. The van der Waals surface area contributed by atoms with Crippen LogP contribution in [0.1, 0.15) is 5.56 Å². The Morgan fingerprint density at radius 1 is 0.966 bits per heavy atom. The van der Waals surface area contributed by atoms with E-state index in [9.17, 15) is 10.1 Å². The van der Waals surface area contributed by atoms with Gasteiger partial charge in [0.15, 0.2) is 0 Å². The first-order valence-electron chi connectivity index (χ1n) is 9.03. The van der Waals surface area contributed by atoms with E-state index in [-0.39, 0.29) is 17.4 Å². The Bertz CT molecular complexity index is 1170. The second kappa shape index (κ2) is 7.93. The lowest BCUT2D eigenvalue weighted by molar-refractivity contribution is -0.385. The first-order valence-corrected chi connectivity index (χ1v) is 9.03. The highest BCUT2D eigenvalue weighted by atomic mass is 16.6. The summed E-state index contributed by atoms with van der Waals surface area (Å²) in [6.07, 6.45) is 1.28. The Hall–Kier alpha value is -4.00. The number of benzene rings is 3. The molecule has 4 aromatic rings. The molecule has 0 bridgehead atoms. The molecular formula is C22H18N4O3. The van der Waals surface area contributed by atoms with Crippen LogP contribution in [-0.2, 0) is 6.54 Å². The molecule has 0 unspecified atom stereocenters. The molecule has 7 heteroatoms. The summed E-state index contributed by atoms with van der Waals surface area (Å²) in [4.78, 5) is 21.2. The Morgan fingerprint density at radius 2 is 1.69 bits per heavy atom. The second-order valence-electron chi connectivity index (χ2n) is 6.56. The highest BCUT2D eigenvalue weighted by Crippen LogP contribution is 2.36. The summed E-state index contributed by atoms with van der Waals surface area (Å²) < 4.78 is 5.80. The van der Waals surface area contributed by atoms with E-state index >= 15 is 0 Å². The minimum absolute atomic E-state index is 0.0878. The second-order valence-corrected chi connectivity index (χ2v) is 6.56. The molecule has 0 fully saturated rings. The average Bonchev–Trinajstić information content (AvgIpc) is 2.74. The Balaban J connectivity index is 1.68. The van der Waals surface area contributed by atoms with Crippen LogP contribution in [0, 0.1) is 10.1 Å². The zero-order valence-corrected chi connectivity index (χ0v) is 15.7. The van der Waals surface area contributed by atoms with Crippen molar-refractivity contribution >= 4 is 22.3 Å². The van der Waals surface area contributed by atoms with Gasteiger partial charge >= 0.3 is 11.6 Å². The molecule has 3 aromatic carbocycles. The third kappa shape index (κ3) is 3.98. The predicted octanol–water partition coefficient (Wildman–Crippen LogP) is 4.97. The van der Waals surface area contributed by atoms with Gasteiger partial charge in [-0.25, -0.2) is 4.98 Å². The Morgan fingerprint density at radius 3 is 2.45 bits per heavy atom. The molecular weight excluding hydrogens is 368 g/mol. The standard InChI is InChI=1S/C22H18N4O3/c1-25(14-16-7-3-2-4-8-16)21-20(26(27)28)22(24-15-23-21)29-19-12-11-17-9-5-6-10-18(17)13-19/h2-13,15H,14H2,1H3. The van der Waals surface area contributed by atoms with E-state index in [1.807, 2.05) is 66.7 Å². The first kappa shape index (κ1) is 18.4. The van der Waals surface area contributed by atoms with Crippen molar-refractivity contribution in [1.29, 1.82) is 0 Å². The molecule has 7 nitrogen and oxygen atoms in total. The normalized spacial score (nSPS) is 10.7. The summed E-state index contributed by atoms with van der Waals surface area (Å²) in [7, 11) is 1.75. The maximum atomic E-state index is 11.8. The van der Waals surface area contributed by atoms with Gasteiger partial charge in [0.2, 0.25) is 5.82 Å². The summed E-state index contributed by atoms with van der Waals surface area (Å²) >= 11 is 0. The van der Waals surface area contributed by atoms with Crippen molar-refractivity contribution in [1.82, 2.24) is 9.97 Å². The molecule has 0 aliphatic heterocycles. The number of fused-ring (bicyclic) bond motifs is 1. The number of nitro groups is 1. The highest BCUT2D eigenvalue weighted by molar-refractivity contribution is 5.83. The lowest BCUT2D eigenvalue weighted by atomic mass is 10.1. The molecule has 1 aromatic heterocycles. The summed E-state index contributed by atoms with van der Waals surface area (Å²) in [5.74, 6) is 0.585. The van der Waals surface area contributed by atoms with Crippen LogP contribution in [-0.4, -0.2) is 21.9 Å². The molecule has 0 saturated carbocycles. The minimum atomic E-state index is -0.507. The van der Waals surface area contributed by atoms with E-state index in [1.165, 1.54) is 6.33 Å². The van der Waals surface area contributed by atoms with E-state index in [2.05, 4.69) is 9.97 Å². The van der Waals surface area contributed by atoms with Crippen molar-refractivity contribution < 1.29 is 9.66 Å². The lowest BCUT2D eigenvalue weighted by Crippen LogP contribution is -2.19. The van der Waals surface area contributed by atoms with E-state index in [0.717, 1.165) is 16.3 Å². The van der Waals surface area contributed by atoms with Gasteiger partial charge in [-0.3, -0.25) is 10.1 Å². The molecule has 4 rings (SSSR count). The molecule has 0 N–H and O–H groups in total. The van der Waals surface area contributed by atoms with Crippen LogP contribution < -0.4 is 9.64 Å². The van der Waals surface area contributed by atoms with E-state index < -0.39 is 4.92 Å². The summed E-state index contributed by atoms with van der Waals surface area (Å²) in [5, 5.41) is 13.9. The van der Waals surface area contributed by atoms with Crippen molar-refractivity contribution in [2.75, 3.05) is 11.9 Å². The van der Waals surface area contributed by atoms with Gasteiger partial charge in [0.1, 0.15) is 12.1 Å². The number of hydrogen-bond acceptors (Lipinski definition) is 6.